The van der Waals surface area contributed by atoms with Crippen molar-refractivity contribution in [1.29, 1.82) is 0 Å². The molecule has 0 fully saturated rings. The van der Waals surface area contributed by atoms with Gasteiger partial charge in [-0.25, -0.2) is 0 Å². The zero-order valence-corrected chi connectivity index (χ0v) is 13.6. The molecule has 0 bridgehead atoms. The number of nitrogens with zero attached hydrogens (tertiary/aromatic N) is 1. The van der Waals surface area contributed by atoms with E-state index in [1.807, 2.05) is 0 Å². The lowest BCUT2D eigenvalue weighted by atomic mass is 10.0. The number of hydrogen-bond donors (Lipinski definition) is 3. The highest BCUT2D eigenvalue weighted by Gasteiger charge is 2.34. The van der Waals surface area contributed by atoms with E-state index in [1.54, 1.807) is 24.5 Å². The van der Waals surface area contributed by atoms with Crippen LogP contribution < -0.4 is 5.56 Å². The fourth-order valence-electron chi connectivity index (χ4n) is 3.24. The lowest BCUT2D eigenvalue weighted by Gasteiger charge is -2.13. The largest absolute Gasteiger partial charge is 0.417 e. The molecule has 0 amide bonds. The molecule has 0 aliphatic heterocycles. The minimum Gasteiger partial charge on any atom is -0.394 e. The highest BCUT2D eigenvalue weighted by molar-refractivity contribution is 6.09. The highest BCUT2D eigenvalue weighted by Crippen LogP contribution is 2.39. The van der Waals surface area contributed by atoms with Crippen LogP contribution in [-0.2, 0) is 12.7 Å². The van der Waals surface area contributed by atoms with Crippen molar-refractivity contribution in [2.24, 2.45) is 0 Å². The van der Waals surface area contributed by atoms with E-state index in [4.69, 9.17) is 5.11 Å². The van der Waals surface area contributed by atoms with E-state index < -0.39 is 30.0 Å². The van der Waals surface area contributed by atoms with E-state index in [-0.39, 0.29) is 17.4 Å². The molecule has 0 saturated carbocycles. The molecule has 25 heavy (non-hydrogen) atoms. The maximum atomic E-state index is 13.5. The van der Waals surface area contributed by atoms with Gasteiger partial charge in [-0.15, -0.1) is 0 Å². The number of fused-ring (bicyclic) bond motifs is 3. The first-order chi connectivity index (χ1) is 11.6. The van der Waals surface area contributed by atoms with Gasteiger partial charge in [0.05, 0.1) is 24.8 Å². The molecule has 1 unspecified atom stereocenters. The molecular formula is C17H17F3N2O3. The third kappa shape index (κ3) is 2.81. The summed E-state index contributed by atoms with van der Waals surface area (Å²) in [5.74, 6) is 0. The molecule has 3 aromatic rings. The van der Waals surface area contributed by atoms with Gasteiger partial charge in [0.1, 0.15) is 0 Å². The zero-order chi connectivity index (χ0) is 18.5. The molecule has 1 atom stereocenters. The van der Waals surface area contributed by atoms with E-state index in [1.165, 1.54) is 6.07 Å². The number of rotatable bonds is 3. The molecule has 3 N–H and O–H groups in total. The molecular weight excluding hydrogens is 337 g/mol. The molecule has 5 nitrogen and oxygen atoms in total. The second-order valence-corrected chi connectivity index (χ2v) is 6.08. The number of aryl methyl sites for hydroxylation is 1. The van der Waals surface area contributed by atoms with Crippen LogP contribution >= 0.6 is 0 Å². The third-order valence-corrected chi connectivity index (χ3v) is 4.51. The number of halogens is 3. The lowest BCUT2D eigenvalue weighted by molar-refractivity contribution is -0.136. The summed E-state index contributed by atoms with van der Waals surface area (Å²) in [5, 5.41) is 19.1. The molecule has 0 radical (unpaired) electrons. The molecule has 2 heterocycles. The SMILES string of the molecule is Cc1c(C)n(CC(O)CO)c2ccc3[nH]c(=O)cc(C(F)(F)F)c3c12. The van der Waals surface area contributed by atoms with Crippen molar-refractivity contribution in [2.45, 2.75) is 32.7 Å². The van der Waals surface area contributed by atoms with Gasteiger partial charge in [0, 0.05) is 33.6 Å². The maximum Gasteiger partial charge on any atom is 0.417 e. The summed E-state index contributed by atoms with van der Waals surface area (Å²) in [4.78, 5) is 14.1. The smallest absolute Gasteiger partial charge is 0.394 e. The average Bonchev–Trinajstić information content (AvgIpc) is 2.77. The van der Waals surface area contributed by atoms with Gasteiger partial charge in [0.25, 0.3) is 0 Å². The van der Waals surface area contributed by atoms with Crippen LogP contribution in [-0.4, -0.2) is 32.5 Å². The Hall–Kier alpha value is -2.32. The zero-order valence-electron chi connectivity index (χ0n) is 13.6. The van der Waals surface area contributed by atoms with Crippen molar-refractivity contribution in [3.05, 3.63) is 45.4 Å². The van der Waals surface area contributed by atoms with Crippen molar-refractivity contribution in [3.63, 3.8) is 0 Å². The second kappa shape index (κ2) is 5.89. The Morgan fingerprint density at radius 3 is 2.52 bits per heavy atom. The summed E-state index contributed by atoms with van der Waals surface area (Å²) in [6, 6.07) is 3.60. The van der Waals surface area contributed by atoms with Crippen LogP contribution in [0, 0.1) is 13.8 Å². The predicted octanol–water partition coefficient (Wildman–Crippen LogP) is 2.47. The number of hydrogen-bond acceptors (Lipinski definition) is 3. The van der Waals surface area contributed by atoms with Gasteiger partial charge in [0.2, 0.25) is 5.56 Å². The quantitative estimate of drug-likeness (QED) is 0.676. The minimum absolute atomic E-state index is 0.0584. The Bertz CT molecular complexity index is 1020. The number of aliphatic hydroxyl groups excluding tert-OH is 2. The van der Waals surface area contributed by atoms with Crippen LogP contribution in [0.5, 0.6) is 0 Å². The number of pyridine rings is 1. The van der Waals surface area contributed by atoms with E-state index >= 15 is 0 Å². The van der Waals surface area contributed by atoms with E-state index in [0.29, 0.717) is 28.2 Å². The monoisotopic (exact) mass is 354 g/mol. The van der Waals surface area contributed by atoms with Gasteiger partial charge >= 0.3 is 6.18 Å². The first-order valence-corrected chi connectivity index (χ1v) is 7.66. The van der Waals surface area contributed by atoms with E-state index in [2.05, 4.69) is 4.98 Å². The molecule has 134 valence electrons. The molecule has 0 aliphatic carbocycles. The Balaban J connectivity index is 2.47. The molecule has 0 spiro atoms. The Morgan fingerprint density at radius 2 is 1.92 bits per heavy atom. The normalized spacial score (nSPS) is 13.7. The van der Waals surface area contributed by atoms with Crippen LogP contribution in [0.25, 0.3) is 21.8 Å². The van der Waals surface area contributed by atoms with Crippen molar-refractivity contribution in [1.82, 2.24) is 9.55 Å². The molecule has 2 aromatic heterocycles. The van der Waals surface area contributed by atoms with Gasteiger partial charge in [0.15, 0.2) is 0 Å². The summed E-state index contributed by atoms with van der Waals surface area (Å²) in [6.07, 6.45) is -5.70. The van der Waals surface area contributed by atoms with Gasteiger partial charge in [-0.05, 0) is 31.5 Å². The number of nitrogens with one attached hydrogen (secondary N) is 1. The molecule has 1 aromatic carbocycles. The van der Waals surface area contributed by atoms with Gasteiger partial charge in [-0.1, -0.05) is 0 Å². The molecule has 0 aliphatic rings. The average molecular weight is 354 g/mol. The standard InChI is InChI=1S/C17H17F3N2O3/c1-8-9(2)22(6-10(24)7-23)13-4-3-12-16(15(8)13)11(17(18,19)20)5-14(25)21-12/h3-5,10,23-24H,6-7H2,1-2H3,(H,21,25). The summed E-state index contributed by atoms with van der Waals surface area (Å²) in [7, 11) is 0. The lowest BCUT2D eigenvalue weighted by Crippen LogP contribution is -2.20. The Kier molecular flexibility index (Phi) is 4.12. The number of alkyl halides is 3. The molecule has 0 saturated heterocycles. The number of aromatic nitrogens is 2. The minimum atomic E-state index is -4.67. The fourth-order valence-corrected chi connectivity index (χ4v) is 3.24. The Morgan fingerprint density at radius 1 is 1.24 bits per heavy atom. The third-order valence-electron chi connectivity index (χ3n) is 4.51. The van der Waals surface area contributed by atoms with Crippen molar-refractivity contribution >= 4 is 21.8 Å². The topological polar surface area (TPSA) is 78.2 Å². The van der Waals surface area contributed by atoms with Crippen LogP contribution in [0.2, 0.25) is 0 Å². The van der Waals surface area contributed by atoms with Gasteiger partial charge in [-0.2, -0.15) is 13.2 Å². The summed E-state index contributed by atoms with van der Waals surface area (Å²) < 4.78 is 42.2. The second-order valence-electron chi connectivity index (χ2n) is 6.08. The molecule has 3 rings (SSSR count). The first-order valence-electron chi connectivity index (χ1n) is 7.66. The van der Waals surface area contributed by atoms with Gasteiger partial charge < -0.3 is 19.8 Å². The van der Waals surface area contributed by atoms with Crippen LogP contribution in [0.1, 0.15) is 16.8 Å². The van der Waals surface area contributed by atoms with Crippen molar-refractivity contribution < 1.29 is 23.4 Å². The molecule has 8 heteroatoms. The number of H-pyrrole nitrogens is 1. The first kappa shape index (κ1) is 17.5. The van der Waals surface area contributed by atoms with Crippen molar-refractivity contribution in [2.75, 3.05) is 6.61 Å². The van der Waals surface area contributed by atoms with E-state index in [0.717, 1.165) is 0 Å². The van der Waals surface area contributed by atoms with E-state index in [9.17, 15) is 23.1 Å². The van der Waals surface area contributed by atoms with Crippen LogP contribution in [0.15, 0.2) is 23.0 Å². The van der Waals surface area contributed by atoms with Gasteiger partial charge in [-0.3, -0.25) is 4.79 Å². The summed E-state index contributed by atoms with van der Waals surface area (Å²) >= 11 is 0. The van der Waals surface area contributed by atoms with Crippen molar-refractivity contribution in [3.8, 4) is 0 Å². The number of aliphatic hydroxyl groups is 2. The fraction of sp³-hybridized carbons (Fsp3) is 0.353. The summed E-state index contributed by atoms with van der Waals surface area (Å²) in [6.45, 7) is 3.05. The number of aromatic amines is 1. The summed E-state index contributed by atoms with van der Waals surface area (Å²) in [5.41, 5.74) is 0.129. The Labute approximate surface area is 140 Å². The predicted molar refractivity (Wildman–Crippen MR) is 87.6 cm³/mol. The van der Waals surface area contributed by atoms with Crippen LogP contribution in [0.3, 0.4) is 0 Å². The maximum absolute atomic E-state index is 13.5. The van der Waals surface area contributed by atoms with Crippen LogP contribution in [0.4, 0.5) is 13.2 Å². The highest BCUT2D eigenvalue weighted by atomic mass is 19.4. The number of benzene rings is 1.